The van der Waals surface area contributed by atoms with E-state index in [1.54, 1.807) is 13.8 Å². The summed E-state index contributed by atoms with van der Waals surface area (Å²) in [7, 11) is 0. The highest BCUT2D eigenvalue weighted by molar-refractivity contribution is 6.12. The number of esters is 2. The second-order valence-corrected chi connectivity index (χ2v) is 8.00. The fourth-order valence-electron chi connectivity index (χ4n) is 4.57. The Kier molecular flexibility index (Phi) is 7.31. The molecule has 0 aromatic heterocycles. The number of dihydropyridines is 1. The molecule has 0 amide bonds. The Balaban J connectivity index is 2.18. The normalized spacial score (nSPS) is 23.2. The molecule has 31 heavy (non-hydrogen) atoms. The number of carbonyl (C=O) groups excluding carboxylic acids is 3. The SMILES string of the molecule is CCCC1=C(C(=O)OCC)C(c2ccccc2)C2=C(CC(C)C(C(=O)OCC)C2=O)N1. The van der Waals surface area contributed by atoms with Gasteiger partial charge in [0.1, 0.15) is 5.92 Å². The van der Waals surface area contributed by atoms with Crippen LogP contribution in [0.2, 0.25) is 0 Å². The maximum absolute atomic E-state index is 13.7. The van der Waals surface area contributed by atoms with Crippen LogP contribution in [0.4, 0.5) is 0 Å². The van der Waals surface area contributed by atoms with Crippen molar-refractivity contribution in [3.8, 4) is 0 Å². The van der Waals surface area contributed by atoms with E-state index in [-0.39, 0.29) is 24.9 Å². The van der Waals surface area contributed by atoms with E-state index in [0.717, 1.165) is 23.4 Å². The highest BCUT2D eigenvalue weighted by Gasteiger charge is 2.47. The van der Waals surface area contributed by atoms with Crippen LogP contribution < -0.4 is 5.32 Å². The Morgan fingerprint density at radius 1 is 1.06 bits per heavy atom. The van der Waals surface area contributed by atoms with E-state index in [1.807, 2.05) is 44.2 Å². The minimum atomic E-state index is -0.872. The first kappa shape index (κ1) is 22.8. The number of nitrogens with one attached hydrogen (secondary N) is 1. The van der Waals surface area contributed by atoms with Crippen LogP contribution in [0.1, 0.15) is 58.4 Å². The number of benzene rings is 1. The molecule has 1 aliphatic carbocycles. The lowest BCUT2D eigenvalue weighted by atomic mass is 9.69. The first-order chi connectivity index (χ1) is 14.9. The topological polar surface area (TPSA) is 81.7 Å². The van der Waals surface area contributed by atoms with E-state index in [4.69, 9.17) is 9.47 Å². The maximum atomic E-state index is 13.7. The smallest absolute Gasteiger partial charge is 0.336 e. The van der Waals surface area contributed by atoms with Crippen molar-refractivity contribution in [3.05, 3.63) is 58.4 Å². The minimum absolute atomic E-state index is 0.193. The number of carbonyl (C=O) groups is 3. The highest BCUT2D eigenvalue weighted by Crippen LogP contribution is 2.46. The van der Waals surface area contributed by atoms with E-state index < -0.39 is 23.8 Å². The van der Waals surface area contributed by atoms with Gasteiger partial charge in [0.2, 0.25) is 0 Å². The lowest BCUT2D eigenvalue weighted by Crippen LogP contribution is -2.43. The quantitative estimate of drug-likeness (QED) is 0.525. The van der Waals surface area contributed by atoms with E-state index in [9.17, 15) is 14.4 Å². The molecule has 2 aliphatic rings. The van der Waals surface area contributed by atoms with Gasteiger partial charge in [-0.1, -0.05) is 50.6 Å². The number of Topliss-reactive ketones (excluding diaryl/α,β-unsaturated/α-hetero) is 1. The molecule has 166 valence electrons. The summed E-state index contributed by atoms with van der Waals surface area (Å²) < 4.78 is 10.6. The molecule has 1 aromatic carbocycles. The van der Waals surface area contributed by atoms with Crippen LogP contribution >= 0.6 is 0 Å². The van der Waals surface area contributed by atoms with Crippen LogP contribution in [-0.4, -0.2) is 30.9 Å². The van der Waals surface area contributed by atoms with Crippen molar-refractivity contribution in [1.82, 2.24) is 5.32 Å². The number of ether oxygens (including phenoxy) is 2. The lowest BCUT2D eigenvalue weighted by molar-refractivity contribution is -0.153. The van der Waals surface area contributed by atoms with Gasteiger partial charge in [-0.05, 0) is 38.2 Å². The number of allylic oxidation sites excluding steroid dienone is 3. The Hall–Kier alpha value is -2.89. The first-order valence-electron chi connectivity index (χ1n) is 11.1. The third kappa shape index (κ3) is 4.43. The molecule has 1 N–H and O–H groups in total. The summed E-state index contributed by atoms with van der Waals surface area (Å²) in [6.45, 7) is 7.90. The predicted molar refractivity (Wildman–Crippen MR) is 117 cm³/mol. The average Bonchev–Trinajstić information content (AvgIpc) is 2.74. The molecule has 3 atom stereocenters. The molecule has 3 unspecified atom stereocenters. The van der Waals surface area contributed by atoms with Crippen LogP contribution in [0.25, 0.3) is 0 Å². The van der Waals surface area contributed by atoms with E-state index in [0.29, 0.717) is 24.0 Å². The Morgan fingerprint density at radius 3 is 2.35 bits per heavy atom. The predicted octanol–water partition coefficient (Wildman–Crippen LogP) is 4.03. The second kappa shape index (κ2) is 9.94. The van der Waals surface area contributed by atoms with E-state index >= 15 is 0 Å². The maximum Gasteiger partial charge on any atom is 0.336 e. The summed E-state index contributed by atoms with van der Waals surface area (Å²) in [5.41, 5.74) is 3.36. The minimum Gasteiger partial charge on any atom is -0.465 e. The molecule has 0 spiro atoms. The monoisotopic (exact) mass is 425 g/mol. The van der Waals surface area contributed by atoms with Crippen molar-refractivity contribution in [2.45, 2.75) is 52.9 Å². The molecule has 0 radical (unpaired) electrons. The van der Waals surface area contributed by atoms with Gasteiger partial charge >= 0.3 is 11.9 Å². The summed E-state index contributed by atoms with van der Waals surface area (Å²) in [5.74, 6) is -2.85. The molecule has 3 rings (SSSR count). The molecule has 1 heterocycles. The summed E-state index contributed by atoms with van der Waals surface area (Å²) in [5, 5.41) is 3.38. The fourth-order valence-corrected chi connectivity index (χ4v) is 4.57. The van der Waals surface area contributed by atoms with Crippen molar-refractivity contribution < 1.29 is 23.9 Å². The van der Waals surface area contributed by atoms with Gasteiger partial charge in [0, 0.05) is 22.9 Å². The van der Waals surface area contributed by atoms with Gasteiger partial charge in [-0.2, -0.15) is 0 Å². The Bertz CT molecular complexity index is 915. The van der Waals surface area contributed by atoms with Crippen molar-refractivity contribution in [2.24, 2.45) is 11.8 Å². The summed E-state index contributed by atoms with van der Waals surface area (Å²) in [6, 6.07) is 9.49. The molecule has 6 heteroatoms. The molecule has 0 fully saturated rings. The molecule has 1 aromatic rings. The molecule has 1 aliphatic heterocycles. The molecule has 6 nitrogen and oxygen atoms in total. The number of rotatable bonds is 7. The van der Waals surface area contributed by atoms with E-state index in [2.05, 4.69) is 5.32 Å². The number of hydrogen-bond acceptors (Lipinski definition) is 6. The van der Waals surface area contributed by atoms with Crippen molar-refractivity contribution in [1.29, 1.82) is 0 Å². The van der Waals surface area contributed by atoms with Gasteiger partial charge in [0.05, 0.1) is 18.8 Å². The van der Waals surface area contributed by atoms with E-state index in [1.165, 1.54) is 0 Å². The number of hydrogen-bond donors (Lipinski definition) is 1. The van der Waals surface area contributed by atoms with Crippen LogP contribution in [0, 0.1) is 11.8 Å². The second-order valence-electron chi connectivity index (χ2n) is 8.00. The highest BCUT2D eigenvalue weighted by atomic mass is 16.5. The largest absolute Gasteiger partial charge is 0.465 e. The third-order valence-corrected chi connectivity index (χ3v) is 5.84. The van der Waals surface area contributed by atoms with Crippen molar-refractivity contribution in [2.75, 3.05) is 13.2 Å². The van der Waals surface area contributed by atoms with Gasteiger partial charge in [0.15, 0.2) is 5.78 Å². The summed E-state index contributed by atoms with van der Waals surface area (Å²) in [6.07, 6.45) is 2.04. The Morgan fingerprint density at radius 2 is 1.74 bits per heavy atom. The molecule has 0 saturated carbocycles. The van der Waals surface area contributed by atoms with Gasteiger partial charge in [-0.25, -0.2) is 4.79 Å². The van der Waals surface area contributed by atoms with Crippen LogP contribution in [0.5, 0.6) is 0 Å². The first-order valence-corrected chi connectivity index (χ1v) is 11.1. The average molecular weight is 426 g/mol. The van der Waals surface area contributed by atoms with Gasteiger partial charge < -0.3 is 14.8 Å². The zero-order valence-corrected chi connectivity index (χ0v) is 18.7. The standard InChI is InChI=1S/C25H31NO5/c1-5-11-17-22(25(29)31-7-3)20(16-12-9-8-10-13-16)21-18(26-17)14-15(4)19(23(21)27)24(28)30-6-2/h8-10,12-13,15,19-20,26H,5-7,11,14H2,1-4H3. The molecular weight excluding hydrogens is 394 g/mol. The van der Waals surface area contributed by atoms with Gasteiger partial charge in [-0.15, -0.1) is 0 Å². The zero-order valence-electron chi connectivity index (χ0n) is 18.7. The number of ketones is 1. The van der Waals surface area contributed by atoms with Gasteiger partial charge in [-0.3, -0.25) is 9.59 Å². The van der Waals surface area contributed by atoms with Gasteiger partial charge in [0.25, 0.3) is 0 Å². The third-order valence-electron chi connectivity index (χ3n) is 5.84. The lowest BCUT2D eigenvalue weighted by Gasteiger charge is -2.39. The molecule has 0 bridgehead atoms. The summed E-state index contributed by atoms with van der Waals surface area (Å²) >= 11 is 0. The molecule has 0 saturated heterocycles. The van der Waals surface area contributed by atoms with Crippen LogP contribution in [0.3, 0.4) is 0 Å². The summed E-state index contributed by atoms with van der Waals surface area (Å²) in [4.78, 5) is 39.4. The Labute approximate surface area is 183 Å². The van der Waals surface area contributed by atoms with Crippen molar-refractivity contribution >= 4 is 17.7 Å². The fraction of sp³-hybridized carbons (Fsp3) is 0.480. The van der Waals surface area contributed by atoms with Crippen molar-refractivity contribution in [3.63, 3.8) is 0 Å². The molecular formula is C25H31NO5. The van der Waals surface area contributed by atoms with Crippen LogP contribution in [-0.2, 0) is 23.9 Å². The zero-order chi connectivity index (χ0) is 22.5. The van der Waals surface area contributed by atoms with Crippen LogP contribution in [0.15, 0.2) is 52.9 Å².